The lowest BCUT2D eigenvalue weighted by Crippen LogP contribution is -2.11. The van der Waals surface area contributed by atoms with Crippen LogP contribution in [0.1, 0.15) is 11.1 Å². The number of carboxylic acid groups (broad SMARTS) is 1. The molecule has 3 aromatic carbocycles. The summed E-state index contributed by atoms with van der Waals surface area (Å²) >= 11 is 9.33. The minimum atomic E-state index is -1.07. The number of rotatable bonds is 8. The predicted molar refractivity (Wildman–Crippen MR) is 136 cm³/mol. The number of benzene rings is 3. The lowest BCUT2D eigenvalue weighted by Gasteiger charge is -2.15. The van der Waals surface area contributed by atoms with Crippen LogP contribution in [0.3, 0.4) is 0 Å². The topological polar surface area (TPSA) is 107 Å². The molecule has 0 radical (unpaired) electrons. The Labute approximate surface area is 213 Å². The Kier molecular flexibility index (Phi) is 7.34. The van der Waals surface area contributed by atoms with Crippen LogP contribution >= 0.6 is 27.5 Å². The van der Waals surface area contributed by atoms with Gasteiger partial charge in [-0.15, -0.1) is 0 Å². The van der Waals surface area contributed by atoms with Gasteiger partial charge in [0.2, 0.25) is 0 Å². The maximum Gasteiger partial charge on any atom is 0.341 e. The molecule has 1 heterocycles. The summed E-state index contributed by atoms with van der Waals surface area (Å²) in [5.74, 6) is -1.15. The molecule has 0 aliphatic heterocycles. The van der Waals surface area contributed by atoms with Crippen LogP contribution in [-0.2, 0) is 11.3 Å². The predicted octanol–water partition coefficient (Wildman–Crippen LogP) is 6.48. The van der Waals surface area contributed by atoms with Crippen LogP contribution in [0, 0.1) is 17.1 Å². The van der Waals surface area contributed by atoms with E-state index in [0.717, 1.165) is 15.7 Å². The first-order valence-corrected chi connectivity index (χ1v) is 11.4. The minimum absolute atomic E-state index is 0.0378. The van der Waals surface area contributed by atoms with Crippen molar-refractivity contribution in [2.24, 2.45) is 0 Å². The third-order valence-electron chi connectivity index (χ3n) is 5.03. The molecule has 3 N–H and O–H groups in total. The molecule has 0 saturated heterocycles. The van der Waals surface area contributed by atoms with E-state index in [9.17, 15) is 14.4 Å². The largest absolute Gasteiger partial charge is 0.482 e. The number of aromatic nitrogens is 1. The first kappa shape index (κ1) is 24.3. The maximum absolute atomic E-state index is 13.6. The quantitative estimate of drug-likeness (QED) is 0.228. The van der Waals surface area contributed by atoms with Crippen LogP contribution in [0.15, 0.2) is 65.3 Å². The summed E-state index contributed by atoms with van der Waals surface area (Å²) in [4.78, 5) is 15.2. The number of nitriles is 1. The second-order valence-corrected chi connectivity index (χ2v) is 8.76. The highest BCUT2D eigenvalue weighted by atomic mass is 79.9. The Hall–Kier alpha value is -3.87. The second kappa shape index (κ2) is 10.6. The van der Waals surface area contributed by atoms with E-state index in [2.05, 4.69) is 37.6 Å². The van der Waals surface area contributed by atoms with Crippen molar-refractivity contribution >= 4 is 61.5 Å². The third kappa shape index (κ3) is 5.80. The summed E-state index contributed by atoms with van der Waals surface area (Å²) in [6.45, 7) is -0.1000. The van der Waals surface area contributed by atoms with Crippen LogP contribution in [0.4, 0.5) is 21.5 Å². The molecule has 4 aromatic rings. The van der Waals surface area contributed by atoms with Gasteiger partial charge in [-0.2, -0.15) is 5.26 Å². The summed E-state index contributed by atoms with van der Waals surface area (Å²) in [5, 5.41) is 25.6. The fourth-order valence-electron chi connectivity index (χ4n) is 3.40. The van der Waals surface area contributed by atoms with Gasteiger partial charge in [0.25, 0.3) is 0 Å². The van der Waals surface area contributed by atoms with Gasteiger partial charge in [0.05, 0.1) is 21.8 Å². The molecule has 0 spiro atoms. The van der Waals surface area contributed by atoms with Gasteiger partial charge in [-0.25, -0.2) is 9.18 Å². The number of ether oxygens (including phenoxy) is 1. The molecule has 0 bridgehead atoms. The van der Waals surface area contributed by atoms with Crippen LogP contribution < -0.4 is 15.4 Å². The number of nitrogens with one attached hydrogen (secondary N) is 2. The SMILES string of the molecule is N#Cc1cnc2ccc(NCc3cc(Br)ccc3OCC(=O)O)cc2c1Nc1ccc(F)c(Cl)c1. The van der Waals surface area contributed by atoms with Gasteiger partial charge in [0, 0.05) is 39.5 Å². The van der Waals surface area contributed by atoms with Crippen LogP contribution in [0.25, 0.3) is 10.9 Å². The lowest BCUT2D eigenvalue weighted by atomic mass is 10.1. The number of aliphatic carboxylic acids is 1. The Bertz CT molecular complexity index is 1480. The van der Waals surface area contributed by atoms with Crippen molar-refractivity contribution in [1.82, 2.24) is 4.98 Å². The Morgan fingerprint density at radius 2 is 1.97 bits per heavy atom. The molecule has 0 fully saturated rings. The summed E-state index contributed by atoms with van der Waals surface area (Å²) in [7, 11) is 0. The van der Waals surface area contributed by atoms with E-state index in [0.29, 0.717) is 40.1 Å². The molecule has 1 aromatic heterocycles. The highest BCUT2D eigenvalue weighted by molar-refractivity contribution is 9.10. The van der Waals surface area contributed by atoms with Gasteiger partial charge < -0.3 is 20.5 Å². The highest BCUT2D eigenvalue weighted by Gasteiger charge is 2.12. The van der Waals surface area contributed by atoms with Gasteiger partial charge >= 0.3 is 5.97 Å². The first-order chi connectivity index (χ1) is 16.8. The van der Waals surface area contributed by atoms with E-state index in [4.69, 9.17) is 21.4 Å². The minimum Gasteiger partial charge on any atom is -0.482 e. The zero-order valence-electron chi connectivity index (χ0n) is 18.0. The van der Waals surface area contributed by atoms with Crippen molar-refractivity contribution in [3.63, 3.8) is 0 Å². The molecule has 0 aliphatic carbocycles. The number of hydrogen-bond donors (Lipinski definition) is 3. The number of pyridine rings is 1. The first-order valence-electron chi connectivity index (χ1n) is 10.3. The zero-order chi connectivity index (χ0) is 24.9. The van der Waals surface area contributed by atoms with Crippen LogP contribution in [0.2, 0.25) is 5.02 Å². The number of nitrogens with zero attached hydrogens (tertiary/aromatic N) is 2. The molecular weight excluding hydrogens is 539 g/mol. The third-order valence-corrected chi connectivity index (χ3v) is 5.82. The standard InChI is InChI=1S/C25H17BrClFN4O3/c26-16-1-6-23(35-13-24(33)34)14(7-16)11-30-17-3-5-22-19(8-17)25(15(10-29)12-31-22)32-18-2-4-21(28)20(27)9-18/h1-9,12,30H,11,13H2,(H,31,32)(H,33,34). The van der Waals surface area contributed by atoms with Crippen molar-refractivity contribution in [1.29, 1.82) is 5.26 Å². The van der Waals surface area contributed by atoms with Crippen molar-refractivity contribution in [2.75, 3.05) is 17.2 Å². The summed E-state index contributed by atoms with van der Waals surface area (Å²) < 4.78 is 19.8. The zero-order valence-corrected chi connectivity index (χ0v) is 20.3. The summed E-state index contributed by atoms with van der Waals surface area (Å²) in [6.07, 6.45) is 1.47. The molecule has 0 saturated carbocycles. The number of anilines is 3. The van der Waals surface area contributed by atoms with Gasteiger partial charge in [0.15, 0.2) is 6.61 Å². The number of halogens is 3. The molecule has 10 heteroatoms. The van der Waals surface area contributed by atoms with Crippen molar-refractivity contribution in [3.8, 4) is 11.8 Å². The molecule has 0 aliphatic rings. The molecule has 35 heavy (non-hydrogen) atoms. The lowest BCUT2D eigenvalue weighted by molar-refractivity contribution is -0.139. The van der Waals surface area contributed by atoms with E-state index in [-0.39, 0.29) is 5.02 Å². The highest BCUT2D eigenvalue weighted by Crippen LogP contribution is 2.32. The summed E-state index contributed by atoms with van der Waals surface area (Å²) in [6, 6.07) is 17.1. The fourth-order valence-corrected chi connectivity index (χ4v) is 3.99. The molecule has 176 valence electrons. The van der Waals surface area contributed by atoms with Crippen LogP contribution in [0.5, 0.6) is 5.75 Å². The van der Waals surface area contributed by atoms with E-state index >= 15 is 0 Å². The second-order valence-electron chi connectivity index (χ2n) is 7.43. The average molecular weight is 556 g/mol. The van der Waals surface area contributed by atoms with E-state index < -0.39 is 18.4 Å². The smallest absolute Gasteiger partial charge is 0.341 e. The van der Waals surface area contributed by atoms with Crippen molar-refractivity contribution in [2.45, 2.75) is 6.54 Å². The van der Waals surface area contributed by atoms with Crippen LogP contribution in [-0.4, -0.2) is 22.7 Å². The molecule has 0 atom stereocenters. The summed E-state index contributed by atoms with van der Waals surface area (Å²) in [5.41, 5.74) is 3.48. The van der Waals surface area contributed by atoms with Crippen molar-refractivity contribution in [3.05, 3.63) is 87.2 Å². The molecule has 7 nitrogen and oxygen atoms in total. The number of hydrogen-bond acceptors (Lipinski definition) is 6. The van der Waals surface area contributed by atoms with Gasteiger partial charge in [-0.05, 0) is 54.6 Å². The van der Waals surface area contributed by atoms with E-state index in [1.165, 1.54) is 24.4 Å². The number of carboxylic acids is 1. The number of fused-ring (bicyclic) bond motifs is 1. The van der Waals surface area contributed by atoms with Gasteiger partial charge in [0.1, 0.15) is 17.6 Å². The Morgan fingerprint density at radius 3 is 2.71 bits per heavy atom. The molecule has 0 unspecified atom stereocenters. The Morgan fingerprint density at radius 1 is 1.17 bits per heavy atom. The normalized spacial score (nSPS) is 10.6. The number of carbonyl (C=O) groups is 1. The fraction of sp³-hybridized carbons (Fsp3) is 0.0800. The molecular formula is C25H17BrClFN4O3. The monoisotopic (exact) mass is 554 g/mol. The average Bonchev–Trinajstić information content (AvgIpc) is 2.84. The van der Waals surface area contributed by atoms with Gasteiger partial charge in [-0.3, -0.25) is 4.98 Å². The van der Waals surface area contributed by atoms with Crippen molar-refractivity contribution < 1.29 is 19.0 Å². The van der Waals surface area contributed by atoms with Gasteiger partial charge in [-0.1, -0.05) is 27.5 Å². The van der Waals surface area contributed by atoms with E-state index in [1.807, 2.05) is 24.3 Å². The Balaban J connectivity index is 1.65. The van der Waals surface area contributed by atoms with E-state index in [1.54, 1.807) is 12.1 Å². The molecule has 0 amide bonds. The molecule has 4 rings (SSSR count). The maximum atomic E-state index is 13.6.